The standard InChI is InChI=1S/C14H16N4O3/c1-9-3-4-10(2)12(5-9)17-14(21)16-11-6-15-18(7-11)8-13(19)20/h3-7H,8H2,1-2H3,(H,19,20)(H2,16,17,21). The normalized spacial score (nSPS) is 10.2. The summed E-state index contributed by atoms with van der Waals surface area (Å²) in [7, 11) is 0. The van der Waals surface area contributed by atoms with Crippen molar-refractivity contribution in [1.29, 1.82) is 0 Å². The Bertz CT molecular complexity index is 679. The summed E-state index contributed by atoms with van der Waals surface area (Å²) in [5.74, 6) is -0.996. The molecule has 0 saturated heterocycles. The number of carboxylic acid groups (broad SMARTS) is 1. The summed E-state index contributed by atoms with van der Waals surface area (Å²) in [6, 6.07) is 5.37. The van der Waals surface area contributed by atoms with Crippen LogP contribution in [0, 0.1) is 13.8 Å². The third-order valence-corrected chi connectivity index (χ3v) is 2.83. The molecular formula is C14H16N4O3. The van der Waals surface area contributed by atoms with E-state index < -0.39 is 12.0 Å². The van der Waals surface area contributed by atoms with Crippen molar-refractivity contribution in [2.24, 2.45) is 0 Å². The zero-order valence-electron chi connectivity index (χ0n) is 11.8. The van der Waals surface area contributed by atoms with E-state index in [0.717, 1.165) is 16.8 Å². The average Bonchev–Trinajstić information content (AvgIpc) is 2.80. The van der Waals surface area contributed by atoms with Crippen molar-refractivity contribution in [2.45, 2.75) is 20.4 Å². The molecule has 0 unspecified atom stereocenters. The van der Waals surface area contributed by atoms with Crippen LogP contribution in [0.25, 0.3) is 0 Å². The molecule has 2 rings (SSSR count). The molecule has 0 fully saturated rings. The second-order valence-electron chi connectivity index (χ2n) is 4.72. The Morgan fingerprint density at radius 1 is 1.29 bits per heavy atom. The summed E-state index contributed by atoms with van der Waals surface area (Å²) < 4.78 is 1.23. The van der Waals surface area contributed by atoms with Gasteiger partial charge in [0.25, 0.3) is 0 Å². The van der Waals surface area contributed by atoms with Gasteiger partial charge in [0.2, 0.25) is 0 Å². The number of benzene rings is 1. The lowest BCUT2D eigenvalue weighted by Gasteiger charge is -2.09. The van der Waals surface area contributed by atoms with E-state index in [2.05, 4.69) is 15.7 Å². The number of nitrogens with one attached hydrogen (secondary N) is 2. The molecule has 2 aromatic rings. The zero-order chi connectivity index (χ0) is 15.4. The van der Waals surface area contributed by atoms with Crippen LogP contribution in [-0.2, 0) is 11.3 Å². The lowest BCUT2D eigenvalue weighted by atomic mass is 10.1. The van der Waals surface area contributed by atoms with Crippen molar-refractivity contribution < 1.29 is 14.7 Å². The van der Waals surface area contributed by atoms with Crippen LogP contribution in [0.1, 0.15) is 11.1 Å². The van der Waals surface area contributed by atoms with Crippen LogP contribution in [0.2, 0.25) is 0 Å². The van der Waals surface area contributed by atoms with E-state index in [1.807, 2.05) is 32.0 Å². The van der Waals surface area contributed by atoms with Crippen LogP contribution < -0.4 is 10.6 Å². The van der Waals surface area contributed by atoms with Gasteiger partial charge < -0.3 is 15.7 Å². The van der Waals surface area contributed by atoms with Crippen LogP contribution in [0.4, 0.5) is 16.2 Å². The SMILES string of the molecule is Cc1ccc(C)c(NC(=O)Nc2cnn(CC(=O)O)c2)c1. The maximum absolute atomic E-state index is 11.9. The third kappa shape index (κ3) is 4.07. The van der Waals surface area contributed by atoms with Gasteiger partial charge in [-0.2, -0.15) is 5.10 Å². The van der Waals surface area contributed by atoms with Gasteiger partial charge in [-0.3, -0.25) is 9.48 Å². The fourth-order valence-corrected chi connectivity index (χ4v) is 1.81. The number of aryl methyl sites for hydroxylation is 2. The van der Waals surface area contributed by atoms with E-state index in [-0.39, 0.29) is 6.54 Å². The van der Waals surface area contributed by atoms with Gasteiger partial charge in [0.15, 0.2) is 0 Å². The van der Waals surface area contributed by atoms with E-state index >= 15 is 0 Å². The van der Waals surface area contributed by atoms with E-state index in [9.17, 15) is 9.59 Å². The first-order chi connectivity index (χ1) is 9.94. The number of carboxylic acids is 1. The number of amides is 2. The van der Waals surface area contributed by atoms with Gasteiger partial charge in [-0.15, -0.1) is 0 Å². The second-order valence-corrected chi connectivity index (χ2v) is 4.72. The highest BCUT2D eigenvalue weighted by Gasteiger charge is 2.08. The molecule has 1 aromatic heterocycles. The smallest absolute Gasteiger partial charge is 0.325 e. The summed E-state index contributed by atoms with van der Waals surface area (Å²) in [6.07, 6.45) is 2.85. The van der Waals surface area contributed by atoms with Crippen molar-refractivity contribution in [3.63, 3.8) is 0 Å². The van der Waals surface area contributed by atoms with Gasteiger partial charge >= 0.3 is 12.0 Å². The number of urea groups is 1. The molecule has 2 amide bonds. The van der Waals surface area contributed by atoms with Gasteiger partial charge in [-0.05, 0) is 31.0 Å². The van der Waals surface area contributed by atoms with E-state index in [0.29, 0.717) is 5.69 Å². The van der Waals surface area contributed by atoms with E-state index in [4.69, 9.17) is 5.11 Å². The molecule has 0 aliphatic heterocycles. The molecule has 3 N–H and O–H groups in total. The van der Waals surface area contributed by atoms with Crippen LogP contribution in [0.3, 0.4) is 0 Å². The molecule has 7 heteroatoms. The van der Waals surface area contributed by atoms with Gasteiger partial charge in [0.1, 0.15) is 6.54 Å². The molecule has 7 nitrogen and oxygen atoms in total. The van der Waals surface area contributed by atoms with Crippen molar-refractivity contribution >= 4 is 23.4 Å². The molecule has 110 valence electrons. The minimum absolute atomic E-state index is 0.250. The molecule has 21 heavy (non-hydrogen) atoms. The molecule has 1 aromatic carbocycles. The van der Waals surface area contributed by atoms with Gasteiger partial charge in [-0.1, -0.05) is 12.1 Å². The van der Waals surface area contributed by atoms with E-state index in [1.54, 1.807) is 0 Å². The molecule has 0 radical (unpaired) electrons. The number of rotatable bonds is 4. The van der Waals surface area contributed by atoms with Crippen molar-refractivity contribution in [1.82, 2.24) is 9.78 Å². The number of hydrogen-bond acceptors (Lipinski definition) is 3. The fourth-order valence-electron chi connectivity index (χ4n) is 1.81. The Morgan fingerprint density at radius 3 is 2.76 bits per heavy atom. The Hall–Kier alpha value is -2.83. The first kappa shape index (κ1) is 14.6. The molecule has 0 spiro atoms. The summed E-state index contributed by atoms with van der Waals surface area (Å²) in [5, 5.41) is 17.8. The molecule has 0 aliphatic carbocycles. The topological polar surface area (TPSA) is 96.3 Å². The van der Waals surface area contributed by atoms with Crippen molar-refractivity contribution in [3.8, 4) is 0 Å². The molecular weight excluding hydrogens is 272 g/mol. The number of hydrogen-bond donors (Lipinski definition) is 3. The monoisotopic (exact) mass is 288 g/mol. The highest BCUT2D eigenvalue weighted by Crippen LogP contribution is 2.16. The van der Waals surface area contributed by atoms with Crippen LogP contribution in [0.5, 0.6) is 0 Å². The fraction of sp³-hybridized carbons (Fsp3) is 0.214. The summed E-state index contributed by atoms with van der Waals surface area (Å²) >= 11 is 0. The zero-order valence-corrected chi connectivity index (χ0v) is 11.8. The first-order valence-corrected chi connectivity index (χ1v) is 6.33. The third-order valence-electron chi connectivity index (χ3n) is 2.83. The van der Waals surface area contributed by atoms with Crippen molar-refractivity contribution in [2.75, 3.05) is 10.6 Å². The molecule has 0 saturated carbocycles. The minimum Gasteiger partial charge on any atom is -0.480 e. The number of aromatic nitrogens is 2. The average molecular weight is 288 g/mol. The maximum Gasteiger partial charge on any atom is 0.325 e. The number of carbonyl (C=O) groups excluding carboxylic acids is 1. The molecule has 0 bridgehead atoms. The summed E-state index contributed by atoms with van der Waals surface area (Å²) in [4.78, 5) is 22.5. The number of nitrogens with zero attached hydrogens (tertiary/aromatic N) is 2. The highest BCUT2D eigenvalue weighted by molar-refractivity contribution is 6.00. The number of anilines is 2. The van der Waals surface area contributed by atoms with Gasteiger partial charge in [0.05, 0.1) is 11.9 Å². The van der Waals surface area contributed by atoms with Crippen LogP contribution >= 0.6 is 0 Å². The van der Waals surface area contributed by atoms with Crippen LogP contribution in [-0.4, -0.2) is 26.9 Å². The Morgan fingerprint density at radius 2 is 2.05 bits per heavy atom. The number of carbonyl (C=O) groups is 2. The van der Waals surface area contributed by atoms with Crippen LogP contribution in [0.15, 0.2) is 30.6 Å². The molecule has 0 aliphatic rings. The molecule has 1 heterocycles. The van der Waals surface area contributed by atoms with Gasteiger partial charge in [-0.25, -0.2) is 4.79 Å². The summed E-state index contributed by atoms with van der Waals surface area (Å²) in [5.41, 5.74) is 3.16. The lowest BCUT2D eigenvalue weighted by molar-refractivity contribution is -0.137. The molecule has 0 atom stereocenters. The van der Waals surface area contributed by atoms with Gasteiger partial charge in [0, 0.05) is 11.9 Å². The first-order valence-electron chi connectivity index (χ1n) is 6.33. The highest BCUT2D eigenvalue weighted by atomic mass is 16.4. The Kier molecular flexibility index (Phi) is 4.22. The lowest BCUT2D eigenvalue weighted by Crippen LogP contribution is -2.19. The minimum atomic E-state index is -0.996. The largest absolute Gasteiger partial charge is 0.480 e. The Balaban J connectivity index is 2.00. The second kappa shape index (κ2) is 6.08. The number of aliphatic carboxylic acids is 1. The predicted molar refractivity (Wildman–Crippen MR) is 78.4 cm³/mol. The predicted octanol–water partition coefficient (Wildman–Crippen LogP) is 2.23. The summed E-state index contributed by atoms with van der Waals surface area (Å²) in [6.45, 7) is 3.60. The quantitative estimate of drug-likeness (QED) is 0.803. The Labute approximate surface area is 121 Å². The van der Waals surface area contributed by atoms with Crippen molar-refractivity contribution in [3.05, 3.63) is 41.7 Å². The maximum atomic E-state index is 11.9. The van der Waals surface area contributed by atoms with E-state index in [1.165, 1.54) is 17.1 Å².